The lowest BCUT2D eigenvalue weighted by Gasteiger charge is -2.26. The maximum atomic E-state index is 12.4. The van der Waals surface area contributed by atoms with Gasteiger partial charge in [0.2, 0.25) is 0 Å². The number of hydrogen-bond acceptors (Lipinski definition) is 4. The van der Waals surface area contributed by atoms with Gasteiger partial charge in [0.05, 0.1) is 6.54 Å². The van der Waals surface area contributed by atoms with Crippen LogP contribution in [0.3, 0.4) is 0 Å². The number of ether oxygens (including phenoxy) is 2. The summed E-state index contributed by atoms with van der Waals surface area (Å²) in [5.74, 6) is -0.401. The zero-order valence-electron chi connectivity index (χ0n) is 16.3. The number of amides is 1. The highest BCUT2D eigenvalue weighted by atomic mass is 16.6. The van der Waals surface area contributed by atoms with Crippen molar-refractivity contribution in [2.45, 2.75) is 44.9 Å². The highest BCUT2D eigenvalue weighted by Gasteiger charge is 2.42. The number of aliphatic carboxylic acids is 1. The number of nitrogens with zero attached hydrogens (tertiary/aromatic N) is 1. The van der Waals surface area contributed by atoms with E-state index >= 15 is 0 Å². The average Bonchev–Trinajstić information content (AvgIpc) is 3.06. The van der Waals surface area contributed by atoms with Gasteiger partial charge in [0.1, 0.15) is 23.5 Å². The zero-order chi connectivity index (χ0) is 20.3. The number of carbonyl (C=O) groups excluding carboxylic acids is 1. The van der Waals surface area contributed by atoms with E-state index in [1.54, 1.807) is 20.8 Å². The Morgan fingerprint density at radius 3 is 2.32 bits per heavy atom. The Balaban J connectivity index is 1.79. The summed E-state index contributed by atoms with van der Waals surface area (Å²) in [6, 6.07) is 16.5. The van der Waals surface area contributed by atoms with Crippen LogP contribution in [0.1, 0.15) is 27.2 Å². The summed E-state index contributed by atoms with van der Waals surface area (Å²) in [6.07, 6.45) is -0.863. The van der Waals surface area contributed by atoms with Crippen molar-refractivity contribution >= 4 is 12.1 Å². The third-order valence-corrected chi connectivity index (χ3v) is 4.44. The molecule has 0 spiro atoms. The first-order valence-corrected chi connectivity index (χ1v) is 9.28. The summed E-state index contributed by atoms with van der Waals surface area (Å²) in [5, 5.41) is 9.54. The molecule has 2 aromatic rings. The predicted octanol–water partition coefficient (Wildman–Crippen LogP) is 4.20. The number of hydrogen-bond donors (Lipinski definition) is 1. The molecule has 1 aliphatic rings. The minimum Gasteiger partial charge on any atom is -0.488 e. The number of carbonyl (C=O) groups is 2. The largest absolute Gasteiger partial charge is 0.488 e. The van der Waals surface area contributed by atoms with Crippen LogP contribution in [0, 0.1) is 0 Å². The van der Waals surface area contributed by atoms with E-state index in [9.17, 15) is 14.7 Å². The number of carboxylic acids is 1. The second-order valence-corrected chi connectivity index (χ2v) is 7.82. The van der Waals surface area contributed by atoms with Crippen molar-refractivity contribution in [3.63, 3.8) is 0 Å². The third kappa shape index (κ3) is 4.63. The van der Waals surface area contributed by atoms with Crippen molar-refractivity contribution in [3.05, 3.63) is 54.6 Å². The fourth-order valence-corrected chi connectivity index (χ4v) is 3.24. The van der Waals surface area contributed by atoms with Crippen LogP contribution in [0.2, 0.25) is 0 Å². The van der Waals surface area contributed by atoms with E-state index in [4.69, 9.17) is 9.47 Å². The molecular weight excluding hydrogens is 358 g/mol. The summed E-state index contributed by atoms with van der Waals surface area (Å²) >= 11 is 0. The first kappa shape index (κ1) is 19.7. The van der Waals surface area contributed by atoms with Crippen LogP contribution in [0.15, 0.2) is 54.6 Å². The molecule has 1 amide bonds. The van der Waals surface area contributed by atoms with Crippen molar-refractivity contribution in [2.24, 2.45) is 0 Å². The molecule has 2 atom stereocenters. The molecule has 148 valence electrons. The molecule has 0 saturated carbocycles. The number of likely N-dealkylation sites (tertiary alicyclic amines) is 1. The summed E-state index contributed by atoms with van der Waals surface area (Å²) in [7, 11) is 0. The minimum absolute atomic E-state index is 0.162. The second kappa shape index (κ2) is 7.92. The van der Waals surface area contributed by atoms with Gasteiger partial charge in [0.25, 0.3) is 0 Å². The number of carboxylic acid groups (broad SMARTS) is 1. The van der Waals surface area contributed by atoms with E-state index in [0.29, 0.717) is 5.75 Å². The van der Waals surface area contributed by atoms with Crippen LogP contribution in [0.25, 0.3) is 11.1 Å². The summed E-state index contributed by atoms with van der Waals surface area (Å²) in [5.41, 5.74) is 1.24. The molecular formula is C22H25NO5. The van der Waals surface area contributed by atoms with Crippen molar-refractivity contribution in [2.75, 3.05) is 6.54 Å². The molecule has 0 aliphatic carbocycles. The molecule has 0 aromatic heterocycles. The first-order chi connectivity index (χ1) is 13.2. The smallest absolute Gasteiger partial charge is 0.411 e. The quantitative estimate of drug-likeness (QED) is 0.856. The molecule has 1 aliphatic heterocycles. The normalized spacial score (nSPS) is 19.3. The topological polar surface area (TPSA) is 76.1 Å². The SMILES string of the molecule is CC(C)(C)OC(=O)N1C[C@@H](Oc2ccccc2-c2ccccc2)C[C@H]1C(=O)O. The Bertz CT molecular complexity index is 844. The molecule has 28 heavy (non-hydrogen) atoms. The van der Waals surface area contributed by atoms with Crippen molar-refractivity contribution in [1.29, 1.82) is 0 Å². The van der Waals surface area contributed by atoms with Gasteiger partial charge >= 0.3 is 12.1 Å². The monoisotopic (exact) mass is 383 g/mol. The summed E-state index contributed by atoms with van der Waals surface area (Å²) in [6.45, 7) is 5.41. The van der Waals surface area contributed by atoms with Gasteiger partial charge in [0.15, 0.2) is 0 Å². The van der Waals surface area contributed by atoms with Crippen LogP contribution in [0.4, 0.5) is 4.79 Å². The van der Waals surface area contributed by atoms with E-state index in [1.807, 2.05) is 54.6 Å². The zero-order valence-corrected chi connectivity index (χ0v) is 16.3. The van der Waals surface area contributed by atoms with Crippen molar-refractivity contribution < 1.29 is 24.2 Å². The molecule has 0 radical (unpaired) electrons. The first-order valence-electron chi connectivity index (χ1n) is 9.28. The van der Waals surface area contributed by atoms with Crippen LogP contribution in [-0.4, -0.2) is 46.4 Å². The Kier molecular flexibility index (Phi) is 5.58. The van der Waals surface area contributed by atoms with Gasteiger partial charge in [-0.2, -0.15) is 0 Å². The molecule has 6 nitrogen and oxygen atoms in total. The molecule has 0 bridgehead atoms. The number of rotatable bonds is 4. The van der Waals surface area contributed by atoms with E-state index in [2.05, 4.69) is 0 Å². The van der Waals surface area contributed by atoms with Gasteiger partial charge in [-0.1, -0.05) is 48.5 Å². The molecule has 6 heteroatoms. The lowest BCUT2D eigenvalue weighted by Crippen LogP contribution is -2.43. The van der Waals surface area contributed by atoms with Crippen LogP contribution in [0.5, 0.6) is 5.75 Å². The highest BCUT2D eigenvalue weighted by Crippen LogP contribution is 2.32. The van der Waals surface area contributed by atoms with E-state index in [-0.39, 0.29) is 13.0 Å². The Morgan fingerprint density at radius 1 is 1.04 bits per heavy atom. The van der Waals surface area contributed by atoms with E-state index < -0.39 is 29.8 Å². The Morgan fingerprint density at radius 2 is 1.68 bits per heavy atom. The van der Waals surface area contributed by atoms with E-state index in [0.717, 1.165) is 11.1 Å². The minimum atomic E-state index is -1.06. The molecule has 0 unspecified atom stereocenters. The molecule has 2 aromatic carbocycles. The van der Waals surface area contributed by atoms with Gasteiger partial charge in [-0.3, -0.25) is 4.90 Å². The van der Waals surface area contributed by atoms with Crippen LogP contribution in [-0.2, 0) is 9.53 Å². The average molecular weight is 383 g/mol. The Labute approximate surface area is 164 Å². The standard InChI is InChI=1S/C22H25NO5/c1-22(2,3)28-21(26)23-14-16(13-18(23)20(24)25)27-19-12-8-7-11-17(19)15-9-5-4-6-10-15/h4-12,16,18H,13-14H2,1-3H3,(H,24,25)/t16-,18-/m0/s1. The van der Waals surface area contributed by atoms with Crippen molar-refractivity contribution in [1.82, 2.24) is 4.90 Å². The fraction of sp³-hybridized carbons (Fsp3) is 0.364. The van der Waals surface area contributed by atoms with Gasteiger partial charge < -0.3 is 14.6 Å². The van der Waals surface area contributed by atoms with E-state index in [1.165, 1.54) is 4.90 Å². The summed E-state index contributed by atoms with van der Waals surface area (Å²) in [4.78, 5) is 25.3. The molecule has 1 fully saturated rings. The summed E-state index contributed by atoms with van der Waals surface area (Å²) < 4.78 is 11.5. The fourth-order valence-electron chi connectivity index (χ4n) is 3.24. The molecule has 3 rings (SSSR count). The lowest BCUT2D eigenvalue weighted by atomic mass is 10.0. The van der Waals surface area contributed by atoms with Gasteiger partial charge in [-0.25, -0.2) is 9.59 Å². The molecule has 1 N–H and O–H groups in total. The molecule has 1 heterocycles. The second-order valence-electron chi connectivity index (χ2n) is 7.82. The molecule has 1 saturated heterocycles. The maximum Gasteiger partial charge on any atom is 0.411 e. The maximum absolute atomic E-state index is 12.4. The van der Waals surface area contributed by atoms with Crippen molar-refractivity contribution in [3.8, 4) is 16.9 Å². The Hall–Kier alpha value is -3.02. The van der Waals surface area contributed by atoms with Crippen LogP contribution >= 0.6 is 0 Å². The van der Waals surface area contributed by atoms with Gasteiger partial charge in [-0.05, 0) is 32.4 Å². The predicted molar refractivity (Wildman–Crippen MR) is 105 cm³/mol. The third-order valence-electron chi connectivity index (χ3n) is 4.44. The van der Waals surface area contributed by atoms with Gasteiger partial charge in [-0.15, -0.1) is 0 Å². The highest BCUT2D eigenvalue weighted by molar-refractivity contribution is 5.81. The number of benzene rings is 2. The number of para-hydroxylation sites is 1. The lowest BCUT2D eigenvalue weighted by molar-refractivity contribution is -0.142. The van der Waals surface area contributed by atoms with Gasteiger partial charge in [0, 0.05) is 12.0 Å². The van der Waals surface area contributed by atoms with Crippen LogP contribution < -0.4 is 4.74 Å².